The Kier molecular flexibility index (Phi) is 5.93. The van der Waals surface area contributed by atoms with Crippen LogP contribution in [0.4, 0.5) is 0 Å². The fraction of sp³-hybridized carbons (Fsp3) is 0.476. The Labute approximate surface area is 173 Å². The number of nitrogens with zero attached hydrogens (tertiary/aromatic N) is 2. The van der Waals surface area contributed by atoms with Gasteiger partial charge in [-0.1, -0.05) is 28.1 Å². The first-order chi connectivity index (χ1) is 13.2. The van der Waals surface area contributed by atoms with E-state index in [1.54, 1.807) is 0 Å². The van der Waals surface area contributed by atoms with E-state index in [1.165, 1.54) is 7.11 Å². The lowest BCUT2D eigenvalue weighted by Gasteiger charge is -2.22. The number of carbonyl (C=O) groups is 2. The summed E-state index contributed by atoms with van der Waals surface area (Å²) in [5, 5.41) is 7.54. The van der Waals surface area contributed by atoms with Crippen molar-refractivity contribution in [2.24, 2.45) is 0 Å². The quantitative estimate of drug-likeness (QED) is 0.669. The van der Waals surface area contributed by atoms with Gasteiger partial charge in [0, 0.05) is 16.1 Å². The van der Waals surface area contributed by atoms with Gasteiger partial charge in [0.1, 0.15) is 5.69 Å². The summed E-state index contributed by atoms with van der Waals surface area (Å²) in [6, 6.07) is 8.91. The Morgan fingerprint density at radius 2 is 1.93 bits per heavy atom. The molecular formula is C21H26BrN3O3. The third kappa shape index (κ3) is 4.82. The largest absolute Gasteiger partial charge is 0.469 e. The van der Waals surface area contributed by atoms with Crippen LogP contribution in [-0.4, -0.2) is 28.8 Å². The summed E-state index contributed by atoms with van der Waals surface area (Å²) in [7, 11) is 1.34. The number of hydrogen-bond donors (Lipinski definition) is 1. The smallest absolute Gasteiger partial charge is 0.307 e. The SMILES string of the molecule is COC(=O)CC(NC(=O)c1cc(C2CC2)n(C(C)(C)C)n1)c1ccc(Br)cc1. The number of ether oxygens (including phenoxy) is 1. The van der Waals surface area contributed by atoms with Crippen LogP contribution in [0.1, 0.15) is 73.7 Å². The molecular weight excluding hydrogens is 422 g/mol. The molecule has 28 heavy (non-hydrogen) atoms. The summed E-state index contributed by atoms with van der Waals surface area (Å²) in [6.07, 6.45) is 2.32. The first kappa shape index (κ1) is 20.6. The Balaban J connectivity index is 1.85. The van der Waals surface area contributed by atoms with Crippen LogP contribution in [0.5, 0.6) is 0 Å². The molecule has 0 radical (unpaired) electrons. The summed E-state index contributed by atoms with van der Waals surface area (Å²) < 4.78 is 7.68. The number of esters is 1. The minimum Gasteiger partial charge on any atom is -0.469 e. The maximum Gasteiger partial charge on any atom is 0.307 e. The van der Waals surface area contributed by atoms with E-state index in [1.807, 2.05) is 35.0 Å². The highest BCUT2D eigenvalue weighted by atomic mass is 79.9. The molecule has 1 saturated carbocycles. The molecule has 2 aromatic rings. The molecule has 1 amide bonds. The molecule has 6 nitrogen and oxygen atoms in total. The zero-order valence-corrected chi connectivity index (χ0v) is 18.2. The highest BCUT2D eigenvalue weighted by Crippen LogP contribution is 2.41. The number of rotatable bonds is 6. The van der Waals surface area contributed by atoms with Crippen molar-refractivity contribution in [3.05, 3.63) is 51.8 Å². The maximum atomic E-state index is 13.0. The van der Waals surface area contributed by atoms with E-state index < -0.39 is 6.04 Å². The van der Waals surface area contributed by atoms with Crippen molar-refractivity contribution in [2.75, 3.05) is 7.11 Å². The van der Waals surface area contributed by atoms with Gasteiger partial charge >= 0.3 is 5.97 Å². The molecule has 1 atom stereocenters. The molecule has 1 fully saturated rings. The fourth-order valence-electron chi connectivity index (χ4n) is 3.14. The molecule has 1 aliphatic carbocycles. The van der Waals surface area contributed by atoms with E-state index in [0.29, 0.717) is 11.6 Å². The number of halogens is 1. The van der Waals surface area contributed by atoms with Crippen LogP contribution in [0.2, 0.25) is 0 Å². The van der Waals surface area contributed by atoms with Crippen molar-refractivity contribution in [1.29, 1.82) is 0 Å². The highest BCUT2D eigenvalue weighted by molar-refractivity contribution is 9.10. The Morgan fingerprint density at radius 1 is 1.29 bits per heavy atom. The molecule has 1 aromatic carbocycles. The summed E-state index contributed by atoms with van der Waals surface area (Å²) in [4.78, 5) is 24.8. The van der Waals surface area contributed by atoms with Crippen molar-refractivity contribution >= 4 is 27.8 Å². The van der Waals surface area contributed by atoms with Gasteiger partial charge in [0.2, 0.25) is 0 Å². The molecule has 0 aliphatic heterocycles. The Morgan fingerprint density at radius 3 is 2.46 bits per heavy atom. The van der Waals surface area contributed by atoms with Gasteiger partial charge in [-0.3, -0.25) is 14.3 Å². The van der Waals surface area contributed by atoms with Gasteiger partial charge in [0.25, 0.3) is 5.91 Å². The van der Waals surface area contributed by atoms with Crippen molar-refractivity contribution < 1.29 is 14.3 Å². The molecule has 0 spiro atoms. The minimum atomic E-state index is -0.489. The normalized spacial score (nSPS) is 15.2. The minimum absolute atomic E-state index is 0.0549. The predicted molar refractivity (Wildman–Crippen MR) is 110 cm³/mol. The van der Waals surface area contributed by atoms with Crippen molar-refractivity contribution in [1.82, 2.24) is 15.1 Å². The Hall–Kier alpha value is -2.15. The van der Waals surface area contributed by atoms with Gasteiger partial charge in [-0.25, -0.2) is 0 Å². The third-order valence-corrected chi connectivity index (χ3v) is 5.31. The average Bonchev–Trinajstić information content (AvgIpc) is 3.38. The molecule has 1 aromatic heterocycles. The van der Waals surface area contributed by atoms with Gasteiger partial charge in [0.05, 0.1) is 25.1 Å². The van der Waals surface area contributed by atoms with Gasteiger partial charge in [0.15, 0.2) is 0 Å². The van der Waals surface area contributed by atoms with E-state index in [-0.39, 0.29) is 23.8 Å². The number of methoxy groups -OCH3 is 1. The number of aromatic nitrogens is 2. The number of hydrogen-bond acceptors (Lipinski definition) is 4. The van der Waals surface area contributed by atoms with Gasteiger partial charge in [-0.2, -0.15) is 5.10 Å². The van der Waals surface area contributed by atoms with Crippen LogP contribution in [0, 0.1) is 0 Å². The standard InChI is InChI=1S/C21H26BrN3O3/c1-21(2,3)25-18(14-5-6-14)11-17(24-25)20(27)23-16(12-19(26)28-4)13-7-9-15(22)10-8-13/h7-11,14,16H,5-6,12H2,1-4H3,(H,23,27). The van der Waals surface area contributed by atoms with Crippen LogP contribution in [0.3, 0.4) is 0 Å². The molecule has 0 bridgehead atoms. The maximum absolute atomic E-state index is 13.0. The lowest BCUT2D eigenvalue weighted by Crippen LogP contribution is -2.31. The van der Waals surface area contributed by atoms with E-state index in [4.69, 9.17) is 4.74 Å². The fourth-order valence-corrected chi connectivity index (χ4v) is 3.41. The van der Waals surface area contributed by atoms with Crippen LogP contribution >= 0.6 is 15.9 Å². The van der Waals surface area contributed by atoms with Crippen molar-refractivity contribution in [2.45, 2.75) is 57.5 Å². The molecule has 3 rings (SSSR count). The summed E-state index contributed by atoms with van der Waals surface area (Å²) >= 11 is 3.40. The first-order valence-corrected chi connectivity index (χ1v) is 10.2. The highest BCUT2D eigenvalue weighted by Gasteiger charge is 2.33. The summed E-state index contributed by atoms with van der Waals surface area (Å²) in [5.41, 5.74) is 2.11. The Bertz CT molecular complexity index is 864. The zero-order chi connectivity index (χ0) is 20.5. The van der Waals surface area contributed by atoms with Crippen LogP contribution in [-0.2, 0) is 15.1 Å². The molecule has 0 saturated heterocycles. The average molecular weight is 448 g/mol. The van der Waals surface area contributed by atoms with Gasteiger partial charge in [-0.05, 0) is 57.4 Å². The second-order valence-corrected chi connectivity index (χ2v) is 9.08. The lowest BCUT2D eigenvalue weighted by molar-refractivity contribution is -0.141. The van der Waals surface area contributed by atoms with E-state index in [0.717, 1.165) is 28.6 Å². The van der Waals surface area contributed by atoms with E-state index in [2.05, 4.69) is 47.1 Å². The van der Waals surface area contributed by atoms with Crippen molar-refractivity contribution in [3.8, 4) is 0 Å². The lowest BCUT2D eigenvalue weighted by atomic mass is 10.0. The van der Waals surface area contributed by atoms with Gasteiger partial charge < -0.3 is 10.1 Å². The monoisotopic (exact) mass is 447 g/mol. The molecule has 150 valence electrons. The third-order valence-electron chi connectivity index (χ3n) is 4.78. The summed E-state index contributed by atoms with van der Waals surface area (Å²) in [5.74, 6) is -0.195. The molecule has 1 unspecified atom stereocenters. The molecule has 1 N–H and O–H groups in total. The van der Waals surface area contributed by atoms with Crippen molar-refractivity contribution in [3.63, 3.8) is 0 Å². The van der Waals surface area contributed by atoms with Crippen LogP contribution in [0.15, 0.2) is 34.8 Å². The number of amides is 1. The molecule has 7 heteroatoms. The van der Waals surface area contributed by atoms with Crippen LogP contribution in [0.25, 0.3) is 0 Å². The molecule has 1 aliphatic rings. The number of nitrogens with one attached hydrogen (secondary N) is 1. The molecule has 1 heterocycles. The number of benzene rings is 1. The second-order valence-electron chi connectivity index (χ2n) is 8.17. The topological polar surface area (TPSA) is 73.2 Å². The summed E-state index contributed by atoms with van der Waals surface area (Å²) in [6.45, 7) is 6.24. The number of carbonyl (C=O) groups excluding carboxylic acids is 2. The van der Waals surface area contributed by atoms with Gasteiger partial charge in [-0.15, -0.1) is 0 Å². The van der Waals surface area contributed by atoms with E-state index >= 15 is 0 Å². The predicted octanol–water partition coefficient (Wildman–Crippen LogP) is 4.31. The first-order valence-electron chi connectivity index (χ1n) is 9.42. The second kappa shape index (κ2) is 8.07. The van der Waals surface area contributed by atoms with E-state index in [9.17, 15) is 9.59 Å². The zero-order valence-electron chi connectivity index (χ0n) is 16.7. The van der Waals surface area contributed by atoms with Crippen LogP contribution < -0.4 is 5.32 Å².